The highest BCUT2D eigenvalue weighted by Gasteiger charge is 2.42. The van der Waals surface area contributed by atoms with Gasteiger partial charge in [0.2, 0.25) is 0 Å². The molecule has 0 bridgehead atoms. The van der Waals surface area contributed by atoms with E-state index in [1.807, 2.05) is 0 Å². The molecular weight excluding hydrogens is 289 g/mol. The number of nitrogens with zero attached hydrogens (tertiary/aromatic N) is 1. The number of methoxy groups -OCH3 is 1. The van der Waals surface area contributed by atoms with Crippen LogP contribution in [0.25, 0.3) is 10.9 Å². The van der Waals surface area contributed by atoms with Gasteiger partial charge in [-0.05, 0) is 25.1 Å². The number of carbonyl (C=O) groups excluding carboxylic acids is 3. The largest absolute Gasteiger partial charge is 0.469 e. The molecule has 0 aliphatic heterocycles. The van der Waals surface area contributed by atoms with Gasteiger partial charge in [0.05, 0.1) is 30.5 Å². The van der Waals surface area contributed by atoms with Crippen LogP contribution < -0.4 is 0 Å². The van der Waals surface area contributed by atoms with Gasteiger partial charge in [-0.2, -0.15) is 0 Å². The molecule has 112 valence electrons. The molecule has 1 aliphatic rings. The number of hydrogen-bond donors (Lipinski definition) is 0. The van der Waals surface area contributed by atoms with E-state index >= 15 is 0 Å². The normalized spacial score (nSPS) is 17.0. The number of fused-ring (bicyclic) bond motifs is 3. The van der Waals surface area contributed by atoms with Gasteiger partial charge in [0.25, 0.3) is 0 Å². The van der Waals surface area contributed by atoms with E-state index in [2.05, 4.69) is 9.72 Å². The summed E-state index contributed by atoms with van der Waals surface area (Å²) in [6.07, 6.45) is -0.320. The number of carbonyl (C=O) groups is 3. The van der Waals surface area contributed by atoms with E-state index in [1.165, 1.54) is 25.3 Å². The Balaban J connectivity index is 2.23. The number of Topliss-reactive ketones (excluding diaryl/α,β-unsaturated/α-hetero) is 2. The number of rotatable bonds is 2. The number of ketones is 2. The van der Waals surface area contributed by atoms with Gasteiger partial charge in [0, 0.05) is 16.6 Å². The van der Waals surface area contributed by atoms with E-state index in [4.69, 9.17) is 0 Å². The average Bonchev–Trinajstić information content (AvgIpc) is 2.73. The van der Waals surface area contributed by atoms with E-state index in [0.29, 0.717) is 16.6 Å². The van der Waals surface area contributed by atoms with Crippen molar-refractivity contribution in [3.8, 4) is 0 Å². The molecule has 2 aromatic rings. The zero-order chi connectivity index (χ0) is 16.0. The van der Waals surface area contributed by atoms with Gasteiger partial charge < -0.3 is 4.74 Å². The molecule has 1 aromatic carbocycles. The summed E-state index contributed by atoms with van der Waals surface area (Å²) >= 11 is 0. The van der Waals surface area contributed by atoms with Gasteiger partial charge in [-0.3, -0.25) is 19.4 Å². The minimum absolute atomic E-state index is 0.154. The maximum absolute atomic E-state index is 13.5. The van der Waals surface area contributed by atoms with Crippen LogP contribution >= 0.6 is 0 Å². The zero-order valence-electron chi connectivity index (χ0n) is 12.0. The van der Waals surface area contributed by atoms with E-state index < -0.39 is 29.3 Å². The summed E-state index contributed by atoms with van der Waals surface area (Å²) in [5, 5.41) is 0.298. The van der Waals surface area contributed by atoms with Gasteiger partial charge in [0.1, 0.15) is 5.82 Å². The lowest BCUT2D eigenvalue weighted by Crippen LogP contribution is -2.20. The van der Waals surface area contributed by atoms with Crippen LogP contribution in [0.4, 0.5) is 4.39 Å². The van der Waals surface area contributed by atoms with Crippen molar-refractivity contribution < 1.29 is 23.5 Å². The fourth-order valence-corrected chi connectivity index (χ4v) is 2.82. The minimum atomic E-state index is -1.11. The van der Waals surface area contributed by atoms with Crippen molar-refractivity contribution in [3.05, 3.63) is 40.8 Å². The van der Waals surface area contributed by atoms with E-state index in [1.54, 1.807) is 6.92 Å². The summed E-state index contributed by atoms with van der Waals surface area (Å²) in [7, 11) is 1.19. The third-order valence-corrected chi connectivity index (χ3v) is 3.85. The van der Waals surface area contributed by atoms with Crippen molar-refractivity contribution >= 4 is 28.4 Å². The Kier molecular flexibility index (Phi) is 3.24. The van der Waals surface area contributed by atoms with Gasteiger partial charge in [-0.25, -0.2) is 4.39 Å². The fourth-order valence-electron chi connectivity index (χ4n) is 2.82. The molecule has 0 saturated carbocycles. The monoisotopic (exact) mass is 301 g/mol. The molecule has 0 saturated heterocycles. The van der Waals surface area contributed by atoms with Crippen LogP contribution in [-0.4, -0.2) is 29.6 Å². The molecule has 0 spiro atoms. The number of aryl methyl sites for hydroxylation is 1. The lowest BCUT2D eigenvalue weighted by molar-refractivity contribution is -0.141. The molecule has 1 unspecified atom stereocenters. The van der Waals surface area contributed by atoms with Crippen LogP contribution in [0.15, 0.2) is 18.2 Å². The summed E-state index contributed by atoms with van der Waals surface area (Å²) in [5.74, 6) is -3.21. The van der Waals surface area contributed by atoms with Crippen LogP contribution in [0.2, 0.25) is 0 Å². The predicted molar refractivity (Wildman–Crippen MR) is 75.2 cm³/mol. The number of ether oxygens (including phenoxy) is 1. The van der Waals surface area contributed by atoms with Gasteiger partial charge >= 0.3 is 5.97 Å². The van der Waals surface area contributed by atoms with Crippen LogP contribution in [0.5, 0.6) is 0 Å². The van der Waals surface area contributed by atoms with Crippen molar-refractivity contribution in [2.24, 2.45) is 5.92 Å². The van der Waals surface area contributed by atoms with E-state index in [-0.39, 0.29) is 17.5 Å². The Bertz CT molecular complexity index is 844. The average molecular weight is 301 g/mol. The first kappa shape index (κ1) is 14.3. The number of hydrogen-bond acceptors (Lipinski definition) is 5. The van der Waals surface area contributed by atoms with Gasteiger partial charge in [-0.1, -0.05) is 0 Å². The van der Waals surface area contributed by atoms with Crippen LogP contribution in [-0.2, 0) is 9.53 Å². The second-order valence-electron chi connectivity index (χ2n) is 5.17. The fraction of sp³-hybridized carbons (Fsp3) is 0.250. The molecule has 1 aromatic heterocycles. The second-order valence-corrected chi connectivity index (χ2v) is 5.17. The summed E-state index contributed by atoms with van der Waals surface area (Å²) in [6, 6.07) is 3.89. The Morgan fingerprint density at radius 2 is 1.95 bits per heavy atom. The Morgan fingerprint density at radius 3 is 2.64 bits per heavy atom. The number of halogens is 1. The molecule has 0 N–H and O–H groups in total. The molecule has 5 nitrogen and oxygen atoms in total. The third-order valence-electron chi connectivity index (χ3n) is 3.85. The Labute approximate surface area is 125 Å². The first-order chi connectivity index (χ1) is 10.4. The van der Waals surface area contributed by atoms with Crippen molar-refractivity contribution in [1.82, 2.24) is 4.98 Å². The van der Waals surface area contributed by atoms with Crippen molar-refractivity contribution in [2.75, 3.05) is 7.11 Å². The zero-order valence-corrected chi connectivity index (χ0v) is 12.0. The number of benzene rings is 1. The maximum Gasteiger partial charge on any atom is 0.306 e. The third kappa shape index (κ3) is 1.99. The van der Waals surface area contributed by atoms with Crippen LogP contribution in [0.1, 0.15) is 32.8 Å². The summed E-state index contributed by atoms with van der Waals surface area (Å²) in [5.41, 5.74) is 1.18. The molecule has 0 fully saturated rings. The van der Waals surface area contributed by atoms with Crippen LogP contribution in [0, 0.1) is 18.7 Å². The highest BCUT2D eigenvalue weighted by molar-refractivity contribution is 6.31. The summed E-state index contributed by atoms with van der Waals surface area (Å²) in [6.45, 7) is 1.62. The van der Waals surface area contributed by atoms with Crippen molar-refractivity contribution in [2.45, 2.75) is 13.3 Å². The highest BCUT2D eigenvalue weighted by atomic mass is 19.1. The first-order valence-electron chi connectivity index (χ1n) is 6.69. The molecule has 22 heavy (non-hydrogen) atoms. The number of aromatic nitrogens is 1. The smallest absolute Gasteiger partial charge is 0.306 e. The summed E-state index contributed by atoms with van der Waals surface area (Å²) < 4.78 is 18.0. The first-order valence-corrected chi connectivity index (χ1v) is 6.69. The quantitative estimate of drug-likeness (QED) is 0.628. The number of pyridine rings is 1. The van der Waals surface area contributed by atoms with Crippen molar-refractivity contribution in [1.29, 1.82) is 0 Å². The molecule has 6 heteroatoms. The number of esters is 1. The maximum atomic E-state index is 13.5. The lowest BCUT2D eigenvalue weighted by atomic mass is 9.99. The Hall–Kier alpha value is -2.63. The standard InChI is InChI=1S/C16H12FNO4/c1-7-13-14(9-5-8(17)3-4-11(9)18-7)16(21)10(15(13)20)6-12(19)22-2/h3-5,10H,6H2,1-2H3. The molecule has 1 heterocycles. The van der Waals surface area contributed by atoms with Crippen molar-refractivity contribution in [3.63, 3.8) is 0 Å². The SMILES string of the molecule is COC(=O)CC1C(=O)c2c(C)nc3ccc(F)cc3c2C1=O. The molecular formula is C16H12FNO4. The topological polar surface area (TPSA) is 73.3 Å². The highest BCUT2D eigenvalue weighted by Crippen LogP contribution is 2.35. The Morgan fingerprint density at radius 1 is 1.27 bits per heavy atom. The predicted octanol–water partition coefficient (Wildman–Crippen LogP) is 2.24. The van der Waals surface area contributed by atoms with Gasteiger partial charge in [0.15, 0.2) is 11.6 Å². The van der Waals surface area contributed by atoms with Crippen LogP contribution in [0.3, 0.4) is 0 Å². The molecule has 0 radical (unpaired) electrons. The molecule has 3 rings (SSSR count). The minimum Gasteiger partial charge on any atom is -0.469 e. The summed E-state index contributed by atoms with van der Waals surface area (Å²) in [4.78, 5) is 40.7. The molecule has 1 atom stereocenters. The van der Waals surface area contributed by atoms with E-state index in [9.17, 15) is 18.8 Å². The van der Waals surface area contributed by atoms with E-state index in [0.717, 1.165) is 0 Å². The van der Waals surface area contributed by atoms with Gasteiger partial charge in [-0.15, -0.1) is 0 Å². The lowest BCUT2D eigenvalue weighted by Gasteiger charge is -2.06. The molecule has 0 amide bonds. The second kappa shape index (κ2) is 4.98. The molecule has 1 aliphatic carbocycles.